The van der Waals surface area contributed by atoms with Crippen molar-refractivity contribution in [2.75, 3.05) is 14.2 Å². The van der Waals surface area contributed by atoms with Crippen LogP contribution in [0.2, 0.25) is 0 Å². The molecule has 2 aliphatic rings. The third kappa shape index (κ3) is 2.19. The lowest BCUT2D eigenvalue weighted by molar-refractivity contribution is 0.381. The van der Waals surface area contributed by atoms with Crippen LogP contribution in [-0.2, 0) is 0 Å². The van der Waals surface area contributed by atoms with Gasteiger partial charge < -0.3 is 10.1 Å². The summed E-state index contributed by atoms with van der Waals surface area (Å²) in [6.45, 7) is 0. The normalized spacial score (nSPS) is 30.0. The average molecular weight is 328 g/mol. The van der Waals surface area contributed by atoms with Crippen LogP contribution < -0.4 is 10.1 Å². The molecule has 3 atom stereocenters. The fourth-order valence-electron chi connectivity index (χ4n) is 3.89. The molecule has 0 saturated heterocycles. The van der Waals surface area contributed by atoms with Crippen molar-refractivity contribution in [2.24, 2.45) is 17.8 Å². The first-order valence-electron chi connectivity index (χ1n) is 6.87. The van der Waals surface area contributed by atoms with Crippen LogP contribution in [0.1, 0.15) is 30.9 Å². The summed E-state index contributed by atoms with van der Waals surface area (Å²) >= 11 is 3.28. The number of benzene rings is 1. The van der Waals surface area contributed by atoms with Gasteiger partial charge in [-0.3, -0.25) is 0 Å². The molecule has 3 rings (SSSR count). The van der Waals surface area contributed by atoms with Crippen LogP contribution in [0.25, 0.3) is 0 Å². The van der Waals surface area contributed by atoms with E-state index in [2.05, 4.69) is 21.2 Å². The summed E-state index contributed by atoms with van der Waals surface area (Å²) in [5, 5.41) is 3.41. The smallest absolute Gasteiger partial charge is 0.141 e. The van der Waals surface area contributed by atoms with Crippen LogP contribution in [0, 0.1) is 23.6 Å². The molecule has 0 amide bonds. The van der Waals surface area contributed by atoms with E-state index < -0.39 is 0 Å². The number of ether oxygens (including phenoxy) is 1. The summed E-state index contributed by atoms with van der Waals surface area (Å²) in [5.41, 5.74) is 1.07. The van der Waals surface area contributed by atoms with Gasteiger partial charge in [-0.2, -0.15) is 0 Å². The van der Waals surface area contributed by atoms with E-state index in [-0.39, 0.29) is 11.9 Å². The molecule has 19 heavy (non-hydrogen) atoms. The minimum Gasteiger partial charge on any atom is -0.496 e. The molecular weight excluding hydrogens is 309 g/mol. The Bertz CT molecular complexity index is 483. The van der Waals surface area contributed by atoms with Crippen LogP contribution in [0.15, 0.2) is 16.6 Å². The first kappa shape index (κ1) is 13.4. The Morgan fingerprint density at radius 3 is 2.63 bits per heavy atom. The highest BCUT2D eigenvalue weighted by molar-refractivity contribution is 9.10. The molecule has 1 aromatic carbocycles. The first-order valence-corrected chi connectivity index (χ1v) is 7.67. The summed E-state index contributed by atoms with van der Waals surface area (Å²) in [4.78, 5) is 0. The Hall–Kier alpha value is -0.610. The summed E-state index contributed by atoms with van der Waals surface area (Å²) in [6.07, 6.45) is 4.06. The molecule has 0 radical (unpaired) electrons. The van der Waals surface area contributed by atoms with E-state index in [1.807, 2.05) is 13.1 Å². The molecule has 0 bridgehead atoms. The number of methoxy groups -OCH3 is 1. The van der Waals surface area contributed by atoms with Gasteiger partial charge in [0.2, 0.25) is 0 Å². The molecule has 1 N–H and O–H groups in total. The highest BCUT2D eigenvalue weighted by atomic mass is 79.9. The maximum Gasteiger partial charge on any atom is 0.141 e. The maximum atomic E-state index is 13.6. The topological polar surface area (TPSA) is 21.3 Å². The van der Waals surface area contributed by atoms with Crippen LogP contribution >= 0.6 is 15.9 Å². The molecule has 0 aromatic heterocycles. The Morgan fingerprint density at radius 2 is 2.05 bits per heavy atom. The van der Waals surface area contributed by atoms with Gasteiger partial charge in [0.25, 0.3) is 0 Å². The van der Waals surface area contributed by atoms with E-state index in [0.29, 0.717) is 16.1 Å². The number of hydrogen-bond donors (Lipinski definition) is 1. The molecule has 0 spiro atoms. The lowest BCUT2D eigenvalue weighted by Gasteiger charge is -2.21. The van der Waals surface area contributed by atoms with E-state index in [1.54, 1.807) is 7.11 Å². The van der Waals surface area contributed by atoms with Gasteiger partial charge in [0, 0.05) is 17.7 Å². The predicted molar refractivity (Wildman–Crippen MR) is 76.8 cm³/mol. The van der Waals surface area contributed by atoms with E-state index in [1.165, 1.54) is 25.3 Å². The molecule has 2 nitrogen and oxygen atoms in total. The molecule has 0 aliphatic heterocycles. The van der Waals surface area contributed by atoms with Gasteiger partial charge in [-0.05, 0) is 59.6 Å². The summed E-state index contributed by atoms with van der Waals surface area (Å²) in [6, 6.07) is 3.60. The average Bonchev–Trinajstić information content (AvgIpc) is 2.86. The number of halogens is 2. The molecular formula is C15H19BrFNO. The van der Waals surface area contributed by atoms with Gasteiger partial charge in [0.05, 0.1) is 11.6 Å². The Kier molecular flexibility index (Phi) is 3.56. The van der Waals surface area contributed by atoms with E-state index in [9.17, 15) is 4.39 Å². The largest absolute Gasteiger partial charge is 0.496 e. The van der Waals surface area contributed by atoms with Gasteiger partial charge in [0.15, 0.2) is 0 Å². The van der Waals surface area contributed by atoms with Crippen LogP contribution in [-0.4, -0.2) is 14.2 Å². The molecule has 2 saturated carbocycles. The van der Waals surface area contributed by atoms with E-state index in [4.69, 9.17) is 4.74 Å². The summed E-state index contributed by atoms with van der Waals surface area (Å²) < 4.78 is 19.5. The van der Waals surface area contributed by atoms with Gasteiger partial charge in [-0.15, -0.1) is 0 Å². The van der Waals surface area contributed by atoms with E-state index >= 15 is 0 Å². The fraction of sp³-hybridized carbons (Fsp3) is 0.600. The number of nitrogens with one attached hydrogen (secondary N) is 1. The van der Waals surface area contributed by atoms with Crippen molar-refractivity contribution in [3.63, 3.8) is 0 Å². The van der Waals surface area contributed by atoms with Gasteiger partial charge in [-0.25, -0.2) is 4.39 Å². The van der Waals surface area contributed by atoms with E-state index in [0.717, 1.165) is 17.4 Å². The quantitative estimate of drug-likeness (QED) is 0.905. The molecule has 104 valence electrons. The van der Waals surface area contributed by atoms with Crippen molar-refractivity contribution in [1.29, 1.82) is 0 Å². The molecule has 3 unspecified atom stereocenters. The van der Waals surface area contributed by atoms with Crippen molar-refractivity contribution in [2.45, 2.75) is 25.3 Å². The zero-order chi connectivity index (χ0) is 13.6. The highest BCUT2D eigenvalue weighted by Crippen LogP contribution is 2.62. The molecule has 1 aromatic rings. The lowest BCUT2D eigenvalue weighted by Crippen LogP contribution is -2.21. The van der Waals surface area contributed by atoms with Crippen LogP contribution in [0.4, 0.5) is 4.39 Å². The monoisotopic (exact) mass is 327 g/mol. The zero-order valence-corrected chi connectivity index (χ0v) is 12.8. The first-order chi connectivity index (χ1) is 9.17. The fourth-order valence-corrected chi connectivity index (χ4v) is 4.25. The highest BCUT2D eigenvalue weighted by Gasteiger charge is 2.56. The van der Waals surface area contributed by atoms with Crippen LogP contribution in [0.3, 0.4) is 0 Å². The van der Waals surface area contributed by atoms with Gasteiger partial charge >= 0.3 is 0 Å². The molecule has 2 fully saturated rings. The van der Waals surface area contributed by atoms with Crippen molar-refractivity contribution < 1.29 is 9.13 Å². The second kappa shape index (κ2) is 5.06. The summed E-state index contributed by atoms with van der Waals surface area (Å²) in [7, 11) is 3.59. The third-order valence-electron chi connectivity index (χ3n) is 4.78. The zero-order valence-electron chi connectivity index (χ0n) is 11.2. The van der Waals surface area contributed by atoms with Crippen LogP contribution in [0.5, 0.6) is 5.75 Å². The van der Waals surface area contributed by atoms with Crippen molar-refractivity contribution in [3.05, 3.63) is 28.0 Å². The number of fused-ring (bicyclic) bond motifs is 1. The summed E-state index contributed by atoms with van der Waals surface area (Å²) in [5.74, 6) is 2.76. The number of hydrogen-bond acceptors (Lipinski definition) is 2. The van der Waals surface area contributed by atoms with Crippen molar-refractivity contribution in [3.8, 4) is 5.75 Å². The molecule has 0 heterocycles. The lowest BCUT2D eigenvalue weighted by atomic mass is 9.96. The second-order valence-corrected chi connectivity index (χ2v) is 6.46. The predicted octanol–water partition coefficient (Wildman–Crippen LogP) is 3.90. The Labute approximate surface area is 121 Å². The third-order valence-corrected chi connectivity index (χ3v) is 5.38. The van der Waals surface area contributed by atoms with Crippen molar-refractivity contribution in [1.82, 2.24) is 5.32 Å². The Morgan fingerprint density at radius 1 is 1.37 bits per heavy atom. The maximum absolute atomic E-state index is 13.6. The second-order valence-electron chi connectivity index (χ2n) is 5.61. The number of rotatable bonds is 4. The molecule has 2 aliphatic carbocycles. The molecule has 4 heteroatoms. The standard InChI is InChI=1S/C15H19BrFNO/c1-18-15(14-8-4-3-5-9(8)14)10-6-11(16)12(17)7-13(10)19-2/h6-9,14-15,18H,3-5H2,1-2H3. The minimum atomic E-state index is -0.272. The van der Waals surface area contributed by atoms with Gasteiger partial charge in [0.1, 0.15) is 11.6 Å². The SMILES string of the molecule is CNC(c1cc(Br)c(F)cc1OC)C1C2CCCC21. The van der Waals surface area contributed by atoms with Gasteiger partial charge in [-0.1, -0.05) is 6.42 Å². The van der Waals surface area contributed by atoms with Crippen molar-refractivity contribution >= 4 is 15.9 Å². The Balaban J connectivity index is 1.93. The minimum absolute atomic E-state index is 0.266.